The van der Waals surface area contributed by atoms with Crippen LogP contribution in [0.15, 0.2) is 34.0 Å². The Balaban J connectivity index is 2.28. The van der Waals surface area contributed by atoms with Gasteiger partial charge in [0.15, 0.2) is 0 Å². The third-order valence-electron chi connectivity index (χ3n) is 4.60. The van der Waals surface area contributed by atoms with Crippen molar-refractivity contribution in [2.75, 3.05) is 0 Å². The molecule has 0 saturated carbocycles. The number of amides is 2. The zero-order chi connectivity index (χ0) is 23.2. The highest BCUT2D eigenvalue weighted by Crippen LogP contribution is 2.25. The first-order valence-corrected chi connectivity index (χ1v) is 12.4. The van der Waals surface area contributed by atoms with Gasteiger partial charge in [0.2, 0.25) is 15.9 Å². The molecule has 0 saturated heterocycles. The van der Waals surface area contributed by atoms with Gasteiger partial charge in [0.25, 0.3) is 5.91 Å². The predicted octanol–water partition coefficient (Wildman–Crippen LogP) is 2.38. The monoisotopic (exact) mass is 508 g/mol. The van der Waals surface area contributed by atoms with Crippen LogP contribution in [0, 0.1) is 5.92 Å². The van der Waals surface area contributed by atoms with Crippen molar-refractivity contribution in [3.05, 3.63) is 44.8 Å². The number of halogens is 2. The number of thiazole rings is 1. The van der Waals surface area contributed by atoms with E-state index in [4.69, 9.17) is 28.4 Å². The lowest BCUT2D eigenvalue weighted by molar-refractivity contribution is -0.135. The third-order valence-corrected chi connectivity index (χ3v) is 7.39. The third kappa shape index (κ3) is 6.86. The summed E-state index contributed by atoms with van der Waals surface area (Å²) in [7, 11) is -4.21. The SMILES string of the molecule is CC[C@H](C)[C@H](NS(=O)(=O)c1cc(Cl)ccc1Cl)C(=O)N[C@@H](Cc1cscn1)C(=O)NO. The molecule has 2 amide bonds. The number of carbonyl (C=O) groups excluding carboxylic acids is 2. The van der Waals surface area contributed by atoms with E-state index in [1.807, 2.05) is 0 Å². The van der Waals surface area contributed by atoms with Gasteiger partial charge in [-0.1, -0.05) is 43.5 Å². The number of sulfonamides is 1. The summed E-state index contributed by atoms with van der Waals surface area (Å²) < 4.78 is 28.2. The first-order valence-electron chi connectivity index (χ1n) is 9.17. The van der Waals surface area contributed by atoms with Gasteiger partial charge >= 0.3 is 0 Å². The van der Waals surface area contributed by atoms with Crippen LogP contribution in [0.3, 0.4) is 0 Å². The number of nitrogens with zero attached hydrogens (tertiary/aromatic N) is 1. The molecular formula is C18H22Cl2N4O5S2. The molecule has 0 radical (unpaired) electrons. The minimum absolute atomic E-state index is 0.0156. The van der Waals surface area contributed by atoms with Crippen molar-refractivity contribution in [1.82, 2.24) is 20.5 Å². The van der Waals surface area contributed by atoms with E-state index in [1.165, 1.54) is 35.0 Å². The fourth-order valence-corrected chi connectivity index (χ4v) is 5.31. The molecule has 4 N–H and O–H groups in total. The van der Waals surface area contributed by atoms with Crippen LogP contribution in [0.1, 0.15) is 26.0 Å². The molecule has 31 heavy (non-hydrogen) atoms. The van der Waals surface area contributed by atoms with E-state index in [9.17, 15) is 18.0 Å². The molecule has 0 unspecified atom stereocenters. The van der Waals surface area contributed by atoms with E-state index in [0.29, 0.717) is 12.1 Å². The van der Waals surface area contributed by atoms with E-state index >= 15 is 0 Å². The molecule has 170 valence electrons. The second kappa shape index (κ2) is 11.2. The van der Waals surface area contributed by atoms with Crippen LogP contribution in [-0.2, 0) is 26.0 Å². The number of hydroxylamine groups is 1. The van der Waals surface area contributed by atoms with Crippen molar-refractivity contribution in [2.45, 2.75) is 43.7 Å². The fraction of sp³-hybridized carbons (Fsp3) is 0.389. The molecule has 1 aromatic carbocycles. The van der Waals surface area contributed by atoms with Crippen molar-refractivity contribution in [2.24, 2.45) is 5.92 Å². The molecule has 9 nitrogen and oxygen atoms in total. The highest BCUT2D eigenvalue weighted by atomic mass is 35.5. The Morgan fingerprint density at radius 2 is 1.97 bits per heavy atom. The van der Waals surface area contributed by atoms with Gasteiger partial charge in [-0.3, -0.25) is 14.8 Å². The number of hydrogen-bond donors (Lipinski definition) is 4. The number of aromatic nitrogens is 1. The summed E-state index contributed by atoms with van der Waals surface area (Å²) in [6.07, 6.45) is 0.481. The second-order valence-corrected chi connectivity index (χ2v) is 10.0. The molecule has 0 bridgehead atoms. The van der Waals surface area contributed by atoms with Gasteiger partial charge in [-0.2, -0.15) is 4.72 Å². The maximum atomic E-state index is 13.0. The van der Waals surface area contributed by atoms with Crippen LogP contribution in [0.2, 0.25) is 10.0 Å². The Morgan fingerprint density at radius 1 is 1.26 bits per heavy atom. The predicted molar refractivity (Wildman–Crippen MR) is 118 cm³/mol. The van der Waals surface area contributed by atoms with E-state index in [-0.39, 0.29) is 21.4 Å². The largest absolute Gasteiger partial charge is 0.342 e. The Hall–Kier alpha value is -1.76. The Morgan fingerprint density at radius 3 is 2.55 bits per heavy atom. The number of rotatable bonds is 10. The normalized spacial score (nSPS) is 14.5. The van der Waals surface area contributed by atoms with Gasteiger partial charge in [0.05, 0.1) is 16.2 Å². The lowest BCUT2D eigenvalue weighted by Gasteiger charge is -2.26. The van der Waals surface area contributed by atoms with Crippen LogP contribution in [-0.4, -0.2) is 42.5 Å². The van der Waals surface area contributed by atoms with E-state index in [2.05, 4.69) is 15.0 Å². The Labute approximate surface area is 194 Å². The summed E-state index contributed by atoms with van der Waals surface area (Å²) in [6, 6.07) is 1.59. The maximum absolute atomic E-state index is 13.0. The Kier molecular flexibility index (Phi) is 9.22. The smallest absolute Gasteiger partial charge is 0.266 e. The quantitative estimate of drug-likeness (QED) is 0.287. The summed E-state index contributed by atoms with van der Waals surface area (Å²) in [4.78, 5) is 28.8. The van der Waals surface area contributed by atoms with Crippen molar-refractivity contribution in [1.29, 1.82) is 0 Å². The second-order valence-electron chi connectivity index (χ2n) is 6.78. The zero-order valence-electron chi connectivity index (χ0n) is 16.6. The maximum Gasteiger partial charge on any atom is 0.266 e. The van der Waals surface area contributed by atoms with E-state index < -0.39 is 39.8 Å². The van der Waals surface area contributed by atoms with Crippen molar-refractivity contribution < 1.29 is 23.2 Å². The number of carbonyl (C=O) groups is 2. The van der Waals surface area contributed by atoms with Crippen LogP contribution in [0.5, 0.6) is 0 Å². The minimum Gasteiger partial charge on any atom is -0.342 e. The number of nitrogens with one attached hydrogen (secondary N) is 3. The van der Waals surface area contributed by atoms with Gasteiger partial charge in [-0.25, -0.2) is 18.9 Å². The summed E-state index contributed by atoms with van der Waals surface area (Å²) in [5.74, 6) is -2.02. The van der Waals surface area contributed by atoms with E-state index in [0.717, 1.165) is 0 Å². The first kappa shape index (κ1) is 25.5. The van der Waals surface area contributed by atoms with E-state index in [1.54, 1.807) is 24.7 Å². The first-order chi connectivity index (χ1) is 14.6. The average Bonchev–Trinajstić information content (AvgIpc) is 3.25. The highest BCUT2D eigenvalue weighted by Gasteiger charge is 2.33. The van der Waals surface area contributed by atoms with Gasteiger partial charge < -0.3 is 5.32 Å². The summed E-state index contributed by atoms with van der Waals surface area (Å²) >= 11 is 13.2. The summed E-state index contributed by atoms with van der Waals surface area (Å²) in [6.45, 7) is 3.48. The molecule has 0 aliphatic heterocycles. The molecule has 0 aliphatic carbocycles. The molecule has 0 spiro atoms. The fourth-order valence-electron chi connectivity index (χ4n) is 2.67. The molecule has 0 aliphatic rings. The topological polar surface area (TPSA) is 137 Å². The average molecular weight is 509 g/mol. The van der Waals surface area contributed by atoms with Gasteiger partial charge in [-0.15, -0.1) is 11.3 Å². The molecule has 13 heteroatoms. The lowest BCUT2D eigenvalue weighted by Crippen LogP contribution is -2.56. The molecule has 1 heterocycles. The Bertz CT molecular complexity index is 1020. The van der Waals surface area contributed by atoms with Crippen LogP contribution in [0.4, 0.5) is 0 Å². The standard InChI is InChI=1S/C18H22Cl2N4O5S2/c1-3-10(2)16(24-31(28,29)15-6-11(19)4-5-13(15)20)18(26)22-14(17(25)23-27)7-12-8-30-9-21-12/h4-6,8-10,14,16,24,27H,3,7H2,1-2H3,(H,22,26)(H,23,25)/t10-,14-,16-/m0/s1. The lowest BCUT2D eigenvalue weighted by atomic mass is 9.99. The molecule has 1 aromatic heterocycles. The molecular weight excluding hydrogens is 487 g/mol. The molecule has 2 rings (SSSR count). The van der Waals surface area contributed by atoms with Gasteiger partial charge in [0.1, 0.15) is 17.0 Å². The summed E-state index contributed by atoms with van der Waals surface area (Å²) in [5.41, 5.74) is 3.60. The van der Waals surface area contributed by atoms with Crippen molar-refractivity contribution in [3.63, 3.8) is 0 Å². The highest BCUT2D eigenvalue weighted by molar-refractivity contribution is 7.89. The molecule has 2 aromatic rings. The number of benzene rings is 1. The van der Waals surface area contributed by atoms with Gasteiger partial charge in [0, 0.05) is 16.8 Å². The summed E-state index contributed by atoms with van der Waals surface area (Å²) in [5, 5.41) is 13.3. The van der Waals surface area contributed by atoms with Crippen molar-refractivity contribution >= 4 is 56.4 Å². The van der Waals surface area contributed by atoms with Crippen LogP contribution < -0.4 is 15.5 Å². The molecule has 3 atom stereocenters. The van der Waals surface area contributed by atoms with Gasteiger partial charge in [-0.05, 0) is 24.1 Å². The van der Waals surface area contributed by atoms with Crippen molar-refractivity contribution in [3.8, 4) is 0 Å². The zero-order valence-corrected chi connectivity index (χ0v) is 19.8. The molecule has 0 fully saturated rings. The van der Waals surface area contributed by atoms with Crippen LogP contribution in [0.25, 0.3) is 0 Å². The minimum atomic E-state index is -4.21. The van der Waals surface area contributed by atoms with Crippen LogP contribution >= 0.6 is 34.5 Å². The number of hydrogen-bond acceptors (Lipinski definition) is 7.